The number of fused-ring (bicyclic) bond motifs is 1. The number of nitrogens with zero attached hydrogens (tertiary/aromatic N) is 3. The van der Waals surface area contributed by atoms with Crippen molar-refractivity contribution in [3.63, 3.8) is 0 Å². The summed E-state index contributed by atoms with van der Waals surface area (Å²) in [4.78, 5) is 0. The van der Waals surface area contributed by atoms with Gasteiger partial charge in [0, 0.05) is 6.20 Å². The minimum absolute atomic E-state index is 0.0829. The highest BCUT2D eigenvalue weighted by Crippen LogP contribution is 2.33. The van der Waals surface area contributed by atoms with Crippen molar-refractivity contribution < 1.29 is 13.2 Å². The van der Waals surface area contributed by atoms with E-state index < -0.39 is 17.3 Å². The fourth-order valence-corrected chi connectivity index (χ4v) is 1.89. The molecule has 0 radical (unpaired) electrons. The molecular formula is C11H12ClF3N4. The maximum absolute atomic E-state index is 12.8. The van der Waals surface area contributed by atoms with Gasteiger partial charge in [-0.2, -0.15) is 13.2 Å². The second kappa shape index (κ2) is 4.35. The second-order valence-corrected chi connectivity index (χ2v) is 5.07. The first kappa shape index (κ1) is 14.1. The zero-order chi connectivity index (χ0) is 14.4. The monoisotopic (exact) mass is 292 g/mol. The molecule has 0 saturated carbocycles. The molecule has 0 saturated heterocycles. The maximum Gasteiger partial charge on any atom is 0.417 e. The van der Waals surface area contributed by atoms with Crippen molar-refractivity contribution in [1.82, 2.24) is 19.9 Å². The Morgan fingerprint density at radius 2 is 1.89 bits per heavy atom. The fourth-order valence-electron chi connectivity index (χ4n) is 1.65. The molecule has 1 N–H and O–H groups in total. The van der Waals surface area contributed by atoms with Crippen LogP contribution < -0.4 is 5.32 Å². The predicted octanol–water partition coefficient (Wildman–Crippen LogP) is 2.86. The molecule has 0 unspecified atom stereocenters. The molecular weight excluding hydrogens is 281 g/mol. The maximum atomic E-state index is 12.8. The topological polar surface area (TPSA) is 42.2 Å². The van der Waals surface area contributed by atoms with Gasteiger partial charge in [0.15, 0.2) is 11.5 Å². The SMILES string of the molecule is CNC(C)(C)c1nnc2c(Cl)cc(C(F)(F)F)cn12. The van der Waals surface area contributed by atoms with Gasteiger partial charge in [-0.1, -0.05) is 11.6 Å². The lowest BCUT2D eigenvalue weighted by molar-refractivity contribution is -0.137. The Morgan fingerprint density at radius 3 is 2.42 bits per heavy atom. The molecule has 0 aliphatic rings. The molecule has 8 heteroatoms. The standard InChI is InChI=1S/C11H12ClF3N4/c1-10(2,16-3)9-18-17-8-7(12)4-6(5-19(8)9)11(13,14)15/h4-5,16H,1-3H3. The van der Waals surface area contributed by atoms with Gasteiger partial charge in [-0.3, -0.25) is 4.40 Å². The lowest BCUT2D eigenvalue weighted by atomic mass is 10.1. The minimum Gasteiger partial charge on any atom is -0.308 e. The number of halogens is 4. The lowest BCUT2D eigenvalue weighted by Crippen LogP contribution is -2.35. The third-order valence-corrected chi connectivity index (χ3v) is 3.25. The van der Waals surface area contributed by atoms with Crippen LogP contribution in [0.1, 0.15) is 25.2 Å². The summed E-state index contributed by atoms with van der Waals surface area (Å²) in [5.74, 6) is 0.359. The van der Waals surface area contributed by atoms with Crippen LogP contribution in [0, 0.1) is 0 Å². The smallest absolute Gasteiger partial charge is 0.308 e. The van der Waals surface area contributed by atoms with E-state index in [1.165, 1.54) is 4.40 Å². The summed E-state index contributed by atoms with van der Waals surface area (Å²) in [6.45, 7) is 3.58. The molecule has 0 spiro atoms. The van der Waals surface area contributed by atoms with Crippen molar-refractivity contribution >= 4 is 17.2 Å². The Bertz CT molecular complexity index is 618. The van der Waals surface area contributed by atoms with Gasteiger partial charge in [0.25, 0.3) is 0 Å². The van der Waals surface area contributed by atoms with Crippen LogP contribution in [0.15, 0.2) is 12.3 Å². The van der Waals surface area contributed by atoms with Crippen LogP contribution in [0.4, 0.5) is 13.2 Å². The van der Waals surface area contributed by atoms with Crippen LogP contribution in [-0.2, 0) is 11.7 Å². The molecule has 2 heterocycles. The third kappa shape index (κ3) is 2.40. The fraction of sp³-hybridized carbons (Fsp3) is 0.455. The van der Waals surface area contributed by atoms with Crippen LogP contribution >= 0.6 is 11.6 Å². The molecule has 19 heavy (non-hydrogen) atoms. The summed E-state index contributed by atoms with van der Waals surface area (Å²) in [6, 6.07) is 0.849. The quantitative estimate of drug-likeness (QED) is 0.925. The Balaban J connectivity index is 2.74. The molecule has 4 nitrogen and oxygen atoms in total. The number of hydrogen-bond acceptors (Lipinski definition) is 3. The van der Waals surface area contributed by atoms with Gasteiger partial charge in [0.2, 0.25) is 0 Å². The van der Waals surface area contributed by atoms with E-state index in [9.17, 15) is 13.2 Å². The summed E-state index contributed by atoms with van der Waals surface area (Å²) in [7, 11) is 1.69. The molecule has 104 valence electrons. The number of alkyl halides is 3. The molecule has 0 atom stereocenters. The van der Waals surface area contributed by atoms with Crippen LogP contribution in [0.5, 0.6) is 0 Å². The summed E-state index contributed by atoms with van der Waals surface area (Å²) >= 11 is 5.83. The van der Waals surface area contributed by atoms with Crippen LogP contribution in [0.25, 0.3) is 5.65 Å². The van der Waals surface area contributed by atoms with Gasteiger partial charge in [-0.25, -0.2) is 0 Å². The van der Waals surface area contributed by atoms with Gasteiger partial charge in [0.1, 0.15) is 0 Å². The van der Waals surface area contributed by atoms with Gasteiger partial charge in [0.05, 0.1) is 16.1 Å². The number of rotatable bonds is 2. The molecule has 0 amide bonds. The minimum atomic E-state index is -4.47. The second-order valence-electron chi connectivity index (χ2n) is 4.67. The highest BCUT2D eigenvalue weighted by atomic mass is 35.5. The number of pyridine rings is 1. The van der Waals surface area contributed by atoms with E-state index in [2.05, 4.69) is 15.5 Å². The molecule has 2 aromatic rings. The Kier molecular flexibility index (Phi) is 3.22. The van der Waals surface area contributed by atoms with E-state index in [1.54, 1.807) is 20.9 Å². The number of aromatic nitrogens is 3. The summed E-state index contributed by atoms with van der Waals surface area (Å²) in [6.07, 6.45) is -3.52. The van der Waals surface area contributed by atoms with Crippen molar-refractivity contribution in [2.45, 2.75) is 25.6 Å². The number of hydrogen-bond donors (Lipinski definition) is 1. The van der Waals surface area contributed by atoms with E-state index >= 15 is 0 Å². The first-order valence-corrected chi connectivity index (χ1v) is 5.85. The third-order valence-electron chi connectivity index (χ3n) is 2.97. The molecule has 0 aliphatic heterocycles. The highest BCUT2D eigenvalue weighted by Gasteiger charge is 2.33. The zero-order valence-corrected chi connectivity index (χ0v) is 11.3. The van der Waals surface area contributed by atoms with Gasteiger partial charge in [-0.05, 0) is 27.0 Å². The van der Waals surface area contributed by atoms with E-state index in [1.807, 2.05) is 0 Å². The first-order valence-electron chi connectivity index (χ1n) is 5.47. The van der Waals surface area contributed by atoms with Crippen molar-refractivity contribution in [2.75, 3.05) is 7.05 Å². The largest absolute Gasteiger partial charge is 0.417 e. The van der Waals surface area contributed by atoms with Crippen LogP contribution in [0.3, 0.4) is 0 Å². The van der Waals surface area contributed by atoms with E-state index in [-0.39, 0.29) is 10.7 Å². The summed E-state index contributed by atoms with van der Waals surface area (Å²) in [5.41, 5.74) is -1.27. The predicted molar refractivity (Wildman–Crippen MR) is 65.1 cm³/mol. The molecule has 2 rings (SSSR count). The molecule has 0 aromatic carbocycles. The average Bonchev–Trinajstić information content (AvgIpc) is 2.72. The van der Waals surface area contributed by atoms with E-state index in [0.29, 0.717) is 5.82 Å². The van der Waals surface area contributed by atoms with Crippen LogP contribution in [0.2, 0.25) is 5.02 Å². The Morgan fingerprint density at radius 1 is 1.26 bits per heavy atom. The van der Waals surface area contributed by atoms with Crippen molar-refractivity contribution in [1.29, 1.82) is 0 Å². The molecule has 2 aromatic heterocycles. The summed E-state index contributed by atoms with van der Waals surface area (Å²) in [5, 5.41) is 10.6. The lowest BCUT2D eigenvalue weighted by Gasteiger charge is -2.22. The van der Waals surface area contributed by atoms with Gasteiger partial charge >= 0.3 is 6.18 Å². The first-order chi connectivity index (χ1) is 8.66. The zero-order valence-electron chi connectivity index (χ0n) is 10.5. The van der Waals surface area contributed by atoms with Crippen molar-refractivity contribution in [3.8, 4) is 0 Å². The normalized spacial score (nSPS) is 13.2. The van der Waals surface area contributed by atoms with Gasteiger partial charge in [-0.15, -0.1) is 10.2 Å². The number of nitrogens with one attached hydrogen (secondary N) is 1. The molecule has 0 fully saturated rings. The molecule has 0 aliphatic carbocycles. The van der Waals surface area contributed by atoms with Crippen LogP contribution in [-0.4, -0.2) is 21.6 Å². The average molecular weight is 293 g/mol. The Hall–Kier alpha value is -1.34. The van der Waals surface area contributed by atoms with Crippen molar-refractivity contribution in [3.05, 3.63) is 28.7 Å². The van der Waals surface area contributed by atoms with Gasteiger partial charge < -0.3 is 5.32 Å². The highest BCUT2D eigenvalue weighted by molar-refractivity contribution is 6.33. The molecule has 0 bridgehead atoms. The van der Waals surface area contributed by atoms with Crippen molar-refractivity contribution in [2.24, 2.45) is 0 Å². The van der Waals surface area contributed by atoms with E-state index in [4.69, 9.17) is 11.6 Å². The Labute approximate surface area is 112 Å². The van der Waals surface area contributed by atoms with E-state index in [0.717, 1.165) is 12.3 Å². The summed E-state index contributed by atoms with van der Waals surface area (Å²) < 4.78 is 39.6.